The quantitative estimate of drug-likeness (QED) is 0.145. The number of carboxylic acid groups (broad SMARTS) is 1. The van der Waals surface area contributed by atoms with Crippen molar-refractivity contribution in [1.82, 2.24) is 0 Å². The van der Waals surface area contributed by atoms with E-state index in [9.17, 15) is 4.79 Å². The van der Waals surface area contributed by atoms with Crippen LogP contribution in [0.25, 0.3) is 0 Å². The van der Waals surface area contributed by atoms with E-state index >= 15 is 0 Å². The maximum absolute atomic E-state index is 10.6. The monoisotopic (exact) mass is 408 g/mol. The van der Waals surface area contributed by atoms with Gasteiger partial charge in [-0.25, -0.2) is 0 Å². The van der Waals surface area contributed by atoms with Crippen LogP contribution in [0.2, 0.25) is 0 Å². The minimum absolute atomic E-state index is 0. The number of carboxylic acids is 1. The Labute approximate surface area is 169 Å². The fourth-order valence-corrected chi connectivity index (χ4v) is 3.19. The van der Waals surface area contributed by atoms with Crippen LogP contribution in [0, 0.1) is 0 Å². The van der Waals surface area contributed by atoms with E-state index in [0.29, 0.717) is 6.42 Å². The van der Waals surface area contributed by atoms with Crippen LogP contribution < -0.4 is 0 Å². The molecule has 4 heteroatoms. The molecule has 1 atom stereocenters. The normalized spacial score (nSPS) is 11.9. The van der Waals surface area contributed by atoms with Crippen LogP contribution in [-0.2, 0) is 24.3 Å². The summed E-state index contributed by atoms with van der Waals surface area (Å²) in [4.78, 5) is 10.6. The smallest absolute Gasteiger partial charge is 0.316 e. The van der Waals surface area contributed by atoms with Crippen molar-refractivity contribution in [2.24, 2.45) is 0 Å². The Balaban J connectivity index is 0. The van der Waals surface area contributed by atoms with Crippen LogP contribution in [-0.4, -0.2) is 16.3 Å². The molecule has 0 aromatic rings. The Morgan fingerprint density at radius 2 is 1.00 bits per heavy atom. The minimum Gasteiger partial charge on any atom is -0.480 e. The Bertz CT molecular complexity index is 262. The van der Waals surface area contributed by atoms with Crippen LogP contribution in [0.3, 0.4) is 0 Å². The number of hydrogen-bond acceptors (Lipinski definition) is 2. The summed E-state index contributed by atoms with van der Waals surface area (Å²) in [6.07, 6.45) is 22.3. The van der Waals surface area contributed by atoms with Crippen molar-refractivity contribution in [3.05, 3.63) is 0 Å². The predicted octanol–water partition coefficient (Wildman–Crippen LogP) is 7.02. The van der Waals surface area contributed by atoms with Crippen molar-refractivity contribution in [3.63, 3.8) is 0 Å². The van der Waals surface area contributed by atoms with Gasteiger partial charge in [0.25, 0.3) is 0 Å². The third-order valence-corrected chi connectivity index (χ3v) is 5.10. The molecule has 0 bridgehead atoms. The summed E-state index contributed by atoms with van der Waals surface area (Å²) >= 11 is 4.05. The van der Waals surface area contributed by atoms with Crippen LogP contribution in [0.15, 0.2) is 0 Å². The summed E-state index contributed by atoms with van der Waals surface area (Å²) in [5.41, 5.74) is 0. The molecule has 0 aliphatic carbocycles. The standard InChI is InChI=1S/C20H40O2S.Zn/c1-2-3-4-5-6-7-8-9-10-11-12-13-14-15-16-17-18-19(23)20(21)22;/h19,23H,2-18H2,1H3,(H,21,22);. The molecule has 0 aliphatic rings. The van der Waals surface area contributed by atoms with E-state index in [-0.39, 0.29) is 19.5 Å². The van der Waals surface area contributed by atoms with Gasteiger partial charge < -0.3 is 5.11 Å². The number of rotatable bonds is 18. The van der Waals surface area contributed by atoms with E-state index in [0.717, 1.165) is 12.8 Å². The molecule has 0 aromatic carbocycles. The molecule has 0 saturated heterocycles. The van der Waals surface area contributed by atoms with Gasteiger partial charge in [0.1, 0.15) is 0 Å². The van der Waals surface area contributed by atoms with Gasteiger partial charge in [-0.15, -0.1) is 0 Å². The van der Waals surface area contributed by atoms with Crippen LogP contribution in [0.4, 0.5) is 0 Å². The van der Waals surface area contributed by atoms with Gasteiger partial charge in [-0.3, -0.25) is 4.79 Å². The summed E-state index contributed by atoms with van der Waals surface area (Å²) in [5.74, 6) is -0.783. The molecule has 0 radical (unpaired) electrons. The van der Waals surface area contributed by atoms with Crippen molar-refractivity contribution in [2.75, 3.05) is 0 Å². The number of aliphatic carboxylic acids is 1. The SMILES string of the molecule is CCCCCCCCCCCCCCCCCCC(S)C(=O)O.[Zn]. The zero-order chi connectivity index (χ0) is 17.2. The molecule has 0 fully saturated rings. The maximum atomic E-state index is 10.6. The minimum atomic E-state index is -0.783. The zero-order valence-electron chi connectivity index (χ0n) is 16.1. The maximum Gasteiger partial charge on any atom is 0.316 e. The van der Waals surface area contributed by atoms with Crippen molar-refractivity contribution in [1.29, 1.82) is 0 Å². The van der Waals surface area contributed by atoms with Gasteiger partial charge in [0.05, 0.1) is 5.25 Å². The van der Waals surface area contributed by atoms with Crippen molar-refractivity contribution >= 4 is 18.6 Å². The Kier molecular flexibility index (Phi) is 23.9. The molecule has 2 nitrogen and oxygen atoms in total. The Morgan fingerprint density at radius 3 is 1.29 bits per heavy atom. The average molecular weight is 410 g/mol. The van der Waals surface area contributed by atoms with E-state index in [1.807, 2.05) is 0 Å². The first-order valence-electron chi connectivity index (χ1n) is 10.1. The molecule has 0 aromatic heterocycles. The van der Waals surface area contributed by atoms with E-state index in [1.165, 1.54) is 89.9 Å². The number of thiol groups is 1. The van der Waals surface area contributed by atoms with Gasteiger partial charge in [-0.2, -0.15) is 12.6 Å². The van der Waals surface area contributed by atoms with Gasteiger partial charge in [-0.05, 0) is 6.42 Å². The molecular formula is C20H40O2SZn. The predicted molar refractivity (Wildman–Crippen MR) is 105 cm³/mol. The van der Waals surface area contributed by atoms with E-state index in [2.05, 4.69) is 19.6 Å². The number of unbranched alkanes of at least 4 members (excludes halogenated alkanes) is 15. The summed E-state index contributed by atoms with van der Waals surface area (Å²) in [6.45, 7) is 2.27. The van der Waals surface area contributed by atoms with Gasteiger partial charge in [0, 0.05) is 19.5 Å². The summed E-state index contributed by atoms with van der Waals surface area (Å²) in [6, 6.07) is 0. The molecule has 0 saturated carbocycles. The van der Waals surface area contributed by atoms with Crippen LogP contribution >= 0.6 is 12.6 Å². The second kappa shape index (κ2) is 21.5. The molecule has 0 amide bonds. The Morgan fingerprint density at radius 1 is 0.708 bits per heavy atom. The molecule has 1 unspecified atom stereocenters. The largest absolute Gasteiger partial charge is 0.480 e. The first-order chi connectivity index (χ1) is 11.2. The number of carbonyl (C=O) groups is 1. The summed E-state index contributed by atoms with van der Waals surface area (Å²) in [5, 5.41) is 8.26. The molecule has 0 aliphatic heterocycles. The molecule has 24 heavy (non-hydrogen) atoms. The average Bonchev–Trinajstić information content (AvgIpc) is 2.54. The second-order valence-corrected chi connectivity index (χ2v) is 7.57. The van der Waals surface area contributed by atoms with Crippen molar-refractivity contribution < 1.29 is 29.4 Å². The summed E-state index contributed by atoms with van der Waals surface area (Å²) in [7, 11) is 0. The molecule has 0 spiro atoms. The second-order valence-electron chi connectivity index (χ2n) is 6.95. The summed E-state index contributed by atoms with van der Waals surface area (Å²) < 4.78 is 0. The Hall–Kier alpha value is 0.443. The molecule has 1 N–H and O–H groups in total. The van der Waals surface area contributed by atoms with E-state index < -0.39 is 11.2 Å². The van der Waals surface area contributed by atoms with Gasteiger partial charge >= 0.3 is 5.97 Å². The zero-order valence-corrected chi connectivity index (χ0v) is 20.0. The van der Waals surface area contributed by atoms with Crippen LogP contribution in [0.5, 0.6) is 0 Å². The first-order valence-corrected chi connectivity index (χ1v) is 10.6. The number of hydrogen-bond donors (Lipinski definition) is 2. The van der Waals surface area contributed by atoms with Crippen LogP contribution in [0.1, 0.15) is 116 Å². The molecular weight excluding hydrogens is 370 g/mol. The molecule has 0 heterocycles. The van der Waals surface area contributed by atoms with Crippen molar-refractivity contribution in [3.8, 4) is 0 Å². The third-order valence-electron chi connectivity index (χ3n) is 4.62. The van der Waals surface area contributed by atoms with E-state index in [4.69, 9.17) is 5.11 Å². The fourth-order valence-electron chi connectivity index (χ4n) is 3.01. The topological polar surface area (TPSA) is 37.3 Å². The van der Waals surface area contributed by atoms with E-state index in [1.54, 1.807) is 0 Å². The van der Waals surface area contributed by atoms with Crippen molar-refractivity contribution in [2.45, 2.75) is 121 Å². The fraction of sp³-hybridized carbons (Fsp3) is 0.950. The molecule has 140 valence electrons. The van der Waals surface area contributed by atoms with Gasteiger partial charge in [0.2, 0.25) is 0 Å². The third kappa shape index (κ3) is 20.5. The van der Waals surface area contributed by atoms with Gasteiger partial charge in [0.15, 0.2) is 0 Å². The van der Waals surface area contributed by atoms with Gasteiger partial charge in [-0.1, -0.05) is 110 Å². The molecule has 0 rings (SSSR count). The first kappa shape index (κ1) is 26.7.